The van der Waals surface area contributed by atoms with Gasteiger partial charge >= 0.3 is 5.97 Å². The summed E-state index contributed by atoms with van der Waals surface area (Å²) in [7, 11) is 0. The molecule has 0 aromatic carbocycles. The van der Waals surface area contributed by atoms with Gasteiger partial charge in [-0.15, -0.1) is 11.3 Å². The summed E-state index contributed by atoms with van der Waals surface area (Å²) in [6.07, 6.45) is 4.75. The first kappa shape index (κ1) is 14.6. The summed E-state index contributed by atoms with van der Waals surface area (Å²) < 4.78 is 0. The van der Waals surface area contributed by atoms with E-state index in [0.717, 1.165) is 10.5 Å². The van der Waals surface area contributed by atoms with Crippen LogP contribution in [0.1, 0.15) is 24.6 Å². The minimum atomic E-state index is -0.899. The van der Waals surface area contributed by atoms with E-state index in [-0.39, 0.29) is 0 Å². The van der Waals surface area contributed by atoms with Crippen LogP contribution in [0, 0.1) is 0 Å². The van der Waals surface area contributed by atoms with E-state index in [9.17, 15) is 4.79 Å². The van der Waals surface area contributed by atoms with Crippen LogP contribution in [0.15, 0.2) is 28.1 Å². The van der Waals surface area contributed by atoms with Crippen LogP contribution in [0.5, 0.6) is 0 Å². The van der Waals surface area contributed by atoms with Gasteiger partial charge in [0.25, 0.3) is 0 Å². The number of allylic oxidation sites excluding steroid dienone is 1. The largest absolute Gasteiger partial charge is 0.480 e. The Morgan fingerprint density at radius 1 is 1.67 bits per heavy atom. The van der Waals surface area contributed by atoms with E-state index in [1.807, 2.05) is 30.5 Å². The van der Waals surface area contributed by atoms with Crippen molar-refractivity contribution in [1.29, 1.82) is 0 Å². The van der Waals surface area contributed by atoms with Crippen molar-refractivity contribution in [3.8, 4) is 0 Å². The van der Waals surface area contributed by atoms with Gasteiger partial charge in [-0.05, 0) is 49.4 Å². The maximum atomic E-state index is 11.0. The molecule has 3 N–H and O–H groups in total. The lowest BCUT2D eigenvalue weighted by Gasteiger charge is -2.05. The van der Waals surface area contributed by atoms with Crippen molar-refractivity contribution >= 4 is 29.6 Å². The molecular formula is C13H18N2O2S. The smallest absolute Gasteiger partial charge is 0.328 e. The first-order valence-electron chi connectivity index (χ1n) is 5.81. The molecule has 0 aliphatic heterocycles. The zero-order valence-electron chi connectivity index (χ0n) is 10.4. The van der Waals surface area contributed by atoms with Crippen molar-refractivity contribution in [1.82, 2.24) is 0 Å². The molecule has 0 aliphatic carbocycles. The van der Waals surface area contributed by atoms with Crippen LogP contribution in [0.4, 0.5) is 0 Å². The van der Waals surface area contributed by atoms with E-state index in [1.165, 1.54) is 0 Å². The van der Waals surface area contributed by atoms with Gasteiger partial charge < -0.3 is 10.8 Å². The Balaban J connectivity index is 2.62. The van der Waals surface area contributed by atoms with Crippen LogP contribution in [-0.4, -0.2) is 29.9 Å². The van der Waals surface area contributed by atoms with Crippen LogP contribution in [-0.2, 0) is 4.79 Å². The number of nitrogens with two attached hydrogens (primary N) is 1. The lowest BCUT2D eigenvalue weighted by molar-refractivity contribution is -0.138. The monoisotopic (exact) mass is 266 g/mol. The predicted molar refractivity (Wildman–Crippen MR) is 76.2 cm³/mol. The van der Waals surface area contributed by atoms with Crippen molar-refractivity contribution < 1.29 is 9.90 Å². The summed E-state index contributed by atoms with van der Waals surface area (Å²) in [4.78, 5) is 16.2. The van der Waals surface area contributed by atoms with Crippen molar-refractivity contribution in [3.05, 3.63) is 28.0 Å². The number of nitrogens with zero attached hydrogens (tertiary/aromatic N) is 1. The molecule has 1 atom stereocenters. The number of thiophene rings is 1. The third-order valence-electron chi connectivity index (χ3n) is 2.34. The lowest BCUT2D eigenvalue weighted by atomic mass is 10.1. The van der Waals surface area contributed by atoms with Gasteiger partial charge in [0, 0.05) is 11.1 Å². The highest BCUT2D eigenvalue weighted by Crippen LogP contribution is 2.12. The Kier molecular flexibility index (Phi) is 6.32. The SMILES string of the molecule is C/C(C=N[C@@H](CCCN)C(=O)O)=C\c1cccs1. The Morgan fingerprint density at radius 3 is 3.00 bits per heavy atom. The van der Waals surface area contributed by atoms with Crippen molar-refractivity contribution in [2.75, 3.05) is 6.54 Å². The summed E-state index contributed by atoms with van der Waals surface area (Å²) in [5, 5.41) is 11.0. The molecule has 0 fully saturated rings. The second-order valence-electron chi connectivity index (χ2n) is 3.97. The van der Waals surface area contributed by atoms with Gasteiger partial charge in [0.15, 0.2) is 0 Å². The second-order valence-corrected chi connectivity index (χ2v) is 4.95. The third-order valence-corrected chi connectivity index (χ3v) is 3.16. The number of aliphatic carboxylic acids is 1. The van der Waals surface area contributed by atoms with Gasteiger partial charge in [-0.2, -0.15) is 0 Å². The average molecular weight is 266 g/mol. The molecule has 1 heterocycles. The molecule has 0 saturated carbocycles. The number of carboxylic acid groups (broad SMARTS) is 1. The van der Waals surface area contributed by atoms with Crippen molar-refractivity contribution in [2.24, 2.45) is 10.7 Å². The molecule has 1 aromatic rings. The van der Waals surface area contributed by atoms with Crippen molar-refractivity contribution in [3.63, 3.8) is 0 Å². The minimum Gasteiger partial charge on any atom is -0.480 e. The summed E-state index contributed by atoms with van der Waals surface area (Å²) >= 11 is 1.63. The third kappa shape index (κ3) is 5.25. The van der Waals surface area contributed by atoms with E-state index in [1.54, 1.807) is 17.6 Å². The average Bonchev–Trinajstić information content (AvgIpc) is 2.81. The fourth-order valence-electron chi connectivity index (χ4n) is 1.42. The second kappa shape index (κ2) is 7.79. The van der Waals surface area contributed by atoms with Gasteiger partial charge in [-0.3, -0.25) is 4.99 Å². The zero-order chi connectivity index (χ0) is 13.4. The Morgan fingerprint density at radius 2 is 2.44 bits per heavy atom. The number of hydrogen-bond donors (Lipinski definition) is 2. The molecule has 5 heteroatoms. The van der Waals surface area contributed by atoms with Gasteiger partial charge in [0.1, 0.15) is 6.04 Å². The molecule has 0 unspecified atom stereocenters. The predicted octanol–water partition coefficient (Wildman–Crippen LogP) is 2.41. The highest BCUT2D eigenvalue weighted by molar-refractivity contribution is 7.10. The van der Waals surface area contributed by atoms with E-state index < -0.39 is 12.0 Å². The topological polar surface area (TPSA) is 75.7 Å². The molecule has 0 amide bonds. The Bertz CT molecular complexity index is 424. The Hall–Kier alpha value is -1.46. The maximum absolute atomic E-state index is 11.0. The summed E-state index contributed by atoms with van der Waals surface area (Å²) in [6.45, 7) is 2.40. The first-order chi connectivity index (χ1) is 8.63. The number of hydrogen-bond acceptors (Lipinski definition) is 4. The number of carbonyl (C=O) groups is 1. The summed E-state index contributed by atoms with van der Waals surface area (Å²) in [5.74, 6) is -0.899. The normalized spacial score (nSPS) is 14.0. The van der Waals surface area contributed by atoms with Crippen LogP contribution < -0.4 is 5.73 Å². The zero-order valence-corrected chi connectivity index (χ0v) is 11.2. The molecule has 0 aliphatic rings. The highest BCUT2D eigenvalue weighted by Gasteiger charge is 2.13. The quantitative estimate of drug-likeness (QED) is 0.744. The van der Waals surface area contributed by atoms with Gasteiger partial charge in [0.2, 0.25) is 0 Å². The van der Waals surface area contributed by atoms with E-state index in [0.29, 0.717) is 19.4 Å². The molecule has 0 spiro atoms. The molecule has 0 radical (unpaired) electrons. The molecule has 0 bridgehead atoms. The molecule has 98 valence electrons. The molecule has 18 heavy (non-hydrogen) atoms. The fraction of sp³-hybridized carbons (Fsp3) is 0.385. The van der Waals surface area contributed by atoms with E-state index >= 15 is 0 Å². The molecule has 4 nitrogen and oxygen atoms in total. The number of carboxylic acids is 1. The minimum absolute atomic E-state index is 0.481. The van der Waals surface area contributed by atoms with Crippen LogP contribution >= 0.6 is 11.3 Å². The Labute approximate surface area is 111 Å². The van der Waals surface area contributed by atoms with Crippen LogP contribution in [0.25, 0.3) is 6.08 Å². The van der Waals surface area contributed by atoms with Crippen LogP contribution in [0.2, 0.25) is 0 Å². The van der Waals surface area contributed by atoms with Crippen LogP contribution in [0.3, 0.4) is 0 Å². The van der Waals surface area contributed by atoms with Gasteiger partial charge in [-0.1, -0.05) is 6.07 Å². The van der Waals surface area contributed by atoms with Gasteiger partial charge in [0.05, 0.1) is 0 Å². The number of aliphatic imine (C=N–C) groups is 1. The summed E-state index contributed by atoms with van der Waals surface area (Å²) in [5.41, 5.74) is 6.31. The van der Waals surface area contributed by atoms with E-state index in [4.69, 9.17) is 10.8 Å². The highest BCUT2D eigenvalue weighted by atomic mass is 32.1. The molecular weight excluding hydrogens is 248 g/mol. The van der Waals surface area contributed by atoms with Gasteiger partial charge in [-0.25, -0.2) is 4.79 Å². The maximum Gasteiger partial charge on any atom is 0.328 e. The standard InChI is InChI=1S/C13H18N2O2S/c1-10(8-11-4-3-7-18-11)9-15-12(13(16)17)5-2-6-14/h3-4,7-9,12H,2,5-6,14H2,1H3,(H,16,17)/b10-8+,15-9?/t12-/m0/s1. The lowest BCUT2D eigenvalue weighted by Crippen LogP contribution is -2.19. The molecule has 1 aromatic heterocycles. The number of rotatable bonds is 7. The van der Waals surface area contributed by atoms with E-state index in [2.05, 4.69) is 4.99 Å². The first-order valence-corrected chi connectivity index (χ1v) is 6.69. The molecule has 0 saturated heterocycles. The molecule has 1 rings (SSSR count). The summed E-state index contributed by atoms with van der Waals surface area (Å²) in [6, 6.07) is 3.29. The fourth-order valence-corrected chi connectivity index (χ4v) is 2.14. The van der Waals surface area contributed by atoms with Crippen molar-refractivity contribution in [2.45, 2.75) is 25.8 Å².